The number of nitrogens with zero attached hydrogens (tertiary/aromatic N) is 2. The van der Waals surface area contributed by atoms with E-state index in [0.717, 1.165) is 32.2 Å². The van der Waals surface area contributed by atoms with Crippen LogP contribution in [0.5, 0.6) is 0 Å². The lowest BCUT2D eigenvalue weighted by molar-refractivity contribution is -0.125. The van der Waals surface area contributed by atoms with Crippen molar-refractivity contribution in [3.05, 3.63) is 0 Å². The Morgan fingerprint density at radius 2 is 2.22 bits per heavy atom. The number of carbonyl (C=O) groups excluding carboxylic acids is 1. The second-order valence-corrected chi connectivity index (χ2v) is 5.78. The van der Waals surface area contributed by atoms with E-state index < -0.39 is 0 Å². The number of morpholine rings is 1. The second-order valence-electron chi connectivity index (χ2n) is 5.78. The van der Waals surface area contributed by atoms with Crippen molar-refractivity contribution in [3.63, 3.8) is 0 Å². The number of rotatable bonds is 4. The third kappa shape index (κ3) is 2.68. The summed E-state index contributed by atoms with van der Waals surface area (Å²) in [4.78, 5) is 16.3. The van der Waals surface area contributed by atoms with Crippen molar-refractivity contribution < 1.29 is 9.53 Å². The minimum absolute atomic E-state index is 0.108. The van der Waals surface area contributed by atoms with Gasteiger partial charge in [0.15, 0.2) is 0 Å². The highest BCUT2D eigenvalue weighted by Gasteiger charge is 2.41. The third-order valence-corrected chi connectivity index (χ3v) is 4.33. The van der Waals surface area contributed by atoms with Crippen LogP contribution in [0.4, 0.5) is 0 Å². The van der Waals surface area contributed by atoms with E-state index in [4.69, 9.17) is 4.74 Å². The lowest BCUT2D eigenvalue weighted by Crippen LogP contribution is -2.53. The van der Waals surface area contributed by atoms with Crippen LogP contribution in [0.1, 0.15) is 12.8 Å². The van der Waals surface area contributed by atoms with Crippen LogP contribution < -0.4 is 5.32 Å². The molecule has 1 N–H and O–H groups in total. The highest BCUT2D eigenvalue weighted by Crippen LogP contribution is 2.32. The van der Waals surface area contributed by atoms with E-state index in [1.807, 2.05) is 0 Å². The van der Waals surface area contributed by atoms with Crippen molar-refractivity contribution in [2.75, 3.05) is 46.4 Å². The molecule has 0 unspecified atom stereocenters. The zero-order valence-electron chi connectivity index (χ0n) is 11.1. The van der Waals surface area contributed by atoms with Gasteiger partial charge in [0.1, 0.15) is 0 Å². The van der Waals surface area contributed by atoms with Gasteiger partial charge in [-0.15, -0.1) is 0 Å². The maximum Gasteiger partial charge on any atom is 0.233 e. The average molecular weight is 253 g/mol. The van der Waals surface area contributed by atoms with Crippen LogP contribution in [0.3, 0.4) is 0 Å². The molecule has 2 aliphatic heterocycles. The lowest BCUT2D eigenvalue weighted by Gasteiger charge is -2.36. The van der Waals surface area contributed by atoms with Gasteiger partial charge in [-0.1, -0.05) is 0 Å². The molecule has 2 heterocycles. The molecule has 5 nitrogen and oxygen atoms in total. The van der Waals surface area contributed by atoms with Gasteiger partial charge < -0.3 is 10.1 Å². The summed E-state index contributed by atoms with van der Waals surface area (Å²) < 4.78 is 5.86. The zero-order valence-corrected chi connectivity index (χ0v) is 11.1. The third-order valence-electron chi connectivity index (χ3n) is 4.33. The van der Waals surface area contributed by atoms with Gasteiger partial charge in [0, 0.05) is 33.2 Å². The minimum atomic E-state index is 0.108. The monoisotopic (exact) mass is 253 g/mol. The molecule has 1 saturated carbocycles. The van der Waals surface area contributed by atoms with Crippen molar-refractivity contribution in [2.45, 2.75) is 25.0 Å². The fourth-order valence-corrected chi connectivity index (χ4v) is 3.11. The highest BCUT2D eigenvalue weighted by molar-refractivity contribution is 5.77. The first-order valence-electron chi connectivity index (χ1n) is 7.05. The fraction of sp³-hybridized carbons (Fsp3) is 0.923. The fourth-order valence-electron chi connectivity index (χ4n) is 3.11. The summed E-state index contributed by atoms with van der Waals surface area (Å²) >= 11 is 0. The van der Waals surface area contributed by atoms with Crippen LogP contribution in [-0.2, 0) is 9.53 Å². The average Bonchev–Trinajstić information content (AvgIpc) is 3.06. The number of likely N-dealkylation sites (tertiary alicyclic amines) is 1. The highest BCUT2D eigenvalue weighted by atomic mass is 16.5. The molecule has 1 amide bonds. The Bertz CT molecular complexity index is 319. The van der Waals surface area contributed by atoms with Gasteiger partial charge in [0.2, 0.25) is 5.91 Å². The van der Waals surface area contributed by atoms with Crippen LogP contribution >= 0.6 is 0 Å². The van der Waals surface area contributed by atoms with Gasteiger partial charge in [-0.05, 0) is 18.8 Å². The molecule has 0 bridgehead atoms. The number of likely N-dealkylation sites (N-methyl/N-ethyl adjacent to an activating group) is 1. The standard InChI is InChI=1S/C13H23N3O2/c1-14-13(17)9-16-4-5-18-12-8-15(7-11(12)16)6-10-2-3-10/h10-12H,2-9H2,1H3,(H,14,17)/t11-,12+/m0/s1. The minimum Gasteiger partial charge on any atom is -0.374 e. The predicted octanol–water partition coefficient (Wildman–Crippen LogP) is -0.473. The first-order chi connectivity index (χ1) is 8.76. The van der Waals surface area contributed by atoms with Crippen LogP contribution in [0.2, 0.25) is 0 Å². The van der Waals surface area contributed by atoms with E-state index in [0.29, 0.717) is 18.7 Å². The van der Waals surface area contributed by atoms with Crippen molar-refractivity contribution in [3.8, 4) is 0 Å². The number of nitrogens with one attached hydrogen (secondary N) is 1. The number of hydrogen-bond acceptors (Lipinski definition) is 4. The lowest BCUT2D eigenvalue weighted by atomic mass is 10.1. The summed E-state index contributed by atoms with van der Waals surface area (Å²) in [5, 5.41) is 2.71. The normalized spacial score (nSPS) is 33.4. The number of amides is 1. The van der Waals surface area contributed by atoms with E-state index in [2.05, 4.69) is 15.1 Å². The molecule has 3 rings (SSSR count). The quantitative estimate of drug-likeness (QED) is 0.735. The molecule has 3 aliphatic rings. The maximum atomic E-state index is 11.5. The molecule has 102 valence electrons. The Balaban J connectivity index is 1.57. The smallest absolute Gasteiger partial charge is 0.233 e. The van der Waals surface area contributed by atoms with Crippen LogP contribution in [0, 0.1) is 5.92 Å². The molecule has 5 heteroatoms. The first kappa shape index (κ1) is 12.4. The Morgan fingerprint density at radius 3 is 2.94 bits per heavy atom. The maximum absolute atomic E-state index is 11.5. The van der Waals surface area contributed by atoms with Crippen molar-refractivity contribution in [2.24, 2.45) is 5.92 Å². The van der Waals surface area contributed by atoms with E-state index >= 15 is 0 Å². The van der Waals surface area contributed by atoms with Crippen LogP contribution in [0.15, 0.2) is 0 Å². The summed E-state index contributed by atoms with van der Waals surface area (Å²) in [7, 11) is 1.70. The van der Waals surface area contributed by atoms with E-state index in [9.17, 15) is 4.79 Å². The molecule has 0 radical (unpaired) electrons. The number of hydrogen-bond donors (Lipinski definition) is 1. The number of ether oxygens (including phenoxy) is 1. The molecule has 0 aromatic carbocycles. The molecule has 1 aliphatic carbocycles. The molecular formula is C13H23N3O2. The molecular weight excluding hydrogens is 230 g/mol. The molecule has 0 spiro atoms. The SMILES string of the molecule is CNC(=O)CN1CCO[C@@H]2CN(CC3CC3)C[C@@H]21. The van der Waals surface area contributed by atoms with Gasteiger partial charge in [-0.2, -0.15) is 0 Å². The zero-order chi connectivity index (χ0) is 12.5. The Morgan fingerprint density at radius 1 is 1.39 bits per heavy atom. The molecule has 2 saturated heterocycles. The van der Waals surface area contributed by atoms with Crippen molar-refractivity contribution >= 4 is 5.91 Å². The summed E-state index contributed by atoms with van der Waals surface area (Å²) in [5.74, 6) is 1.04. The Hall–Kier alpha value is -0.650. The summed E-state index contributed by atoms with van der Waals surface area (Å²) in [6, 6.07) is 0.412. The van der Waals surface area contributed by atoms with E-state index in [1.54, 1.807) is 7.05 Å². The van der Waals surface area contributed by atoms with Crippen LogP contribution in [-0.4, -0.2) is 74.2 Å². The predicted molar refractivity (Wildman–Crippen MR) is 68.3 cm³/mol. The van der Waals surface area contributed by atoms with Crippen molar-refractivity contribution in [1.29, 1.82) is 0 Å². The summed E-state index contributed by atoms with van der Waals surface area (Å²) in [6.45, 7) is 5.49. The Kier molecular flexibility index (Phi) is 3.54. The van der Waals surface area contributed by atoms with Gasteiger partial charge in [-0.3, -0.25) is 14.6 Å². The van der Waals surface area contributed by atoms with Gasteiger partial charge >= 0.3 is 0 Å². The van der Waals surface area contributed by atoms with Crippen LogP contribution in [0.25, 0.3) is 0 Å². The Labute approximate surface area is 108 Å². The first-order valence-corrected chi connectivity index (χ1v) is 7.05. The van der Waals surface area contributed by atoms with E-state index in [1.165, 1.54) is 19.4 Å². The second kappa shape index (κ2) is 5.15. The van der Waals surface area contributed by atoms with Gasteiger partial charge in [0.25, 0.3) is 0 Å². The van der Waals surface area contributed by atoms with Gasteiger partial charge in [0.05, 0.1) is 25.3 Å². The van der Waals surface area contributed by atoms with Crippen molar-refractivity contribution in [1.82, 2.24) is 15.1 Å². The molecule has 0 aromatic rings. The molecule has 0 aromatic heterocycles. The summed E-state index contributed by atoms with van der Waals surface area (Å²) in [5.41, 5.74) is 0. The molecule has 2 atom stereocenters. The molecule has 3 fully saturated rings. The largest absolute Gasteiger partial charge is 0.374 e. The van der Waals surface area contributed by atoms with Gasteiger partial charge in [-0.25, -0.2) is 0 Å². The number of carbonyl (C=O) groups is 1. The topological polar surface area (TPSA) is 44.8 Å². The number of fused-ring (bicyclic) bond motifs is 1. The van der Waals surface area contributed by atoms with E-state index in [-0.39, 0.29) is 5.91 Å². The molecule has 18 heavy (non-hydrogen) atoms. The summed E-state index contributed by atoms with van der Waals surface area (Å²) in [6.07, 6.45) is 3.10.